The van der Waals surface area contributed by atoms with Crippen LogP contribution in [-0.4, -0.2) is 13.2 Å². The fourth-order valence-corrected chi connectivity index (χ4v) is 4.41. The quantitative estimate of drug-likeness (QED) is 0.223. The van der Waals surface area contributed by atoms with Gasteiger partial charge in [0.25, 0.3) is 0 Å². The molecular weight excluding hydrogens is 515 g/mol. The lowest BCUT2D eigenvalue weighted by Crippen LogP contribution is -2.28. The fraction of sp³-hybridized carbons (Fsp3) is 0.355. The third kappa shape index (κ3) is 6.78. The van der Waals surface area contributed by atoms with Crippen LogP contribution in [0.4, 0.5) is 22.0 Å². The number of hydrogen-bond acceptors (Lipinski definition) is 3. The van der Waals surface area contributed by atoms with Gasteiger partial charge in [0.05, 0.1) is 13.2 Å². The van der Waals surface area contributed by atoms with E-state index in [0.29, 0.717) is 36.3 Å². The summed E-state index contributed by atoms with van der Waals surface area (Å²) >= 11 is 0. The lowest BCUT2D eigenvalue weighted by molar-refractivity contribution is -0.206. The highest BCUT2D eigenvalue weighted by Crippen LogP contribution is 2.37. The highest BCUT2D eigenvalue weighted by Gasteiger charge is 2.41. The fourth-order valence-electron chi connectivity index (χ4n) is 4.41. The monoisotopic (exact) mass is 544 g/mol. The Labute approximate surface area is 224 Å². The van der Waals surface area contributed by atoms with Crippen molar-refractivity contribution in [3.05, 3.63) is 99.4 Å². The van der Waals surface area contributed by atoms with Gasteiger partial charge in [0.1, 0.15) is 28.8 Å². The molecule has 3 nitrogen and oxygen atoms in total. The second kappa shape index (κ2) is 12.2. The molecule has 4 rings (SSSR count). The van der Waals surface area contributed by atoms with Gasteiger partial charge < -0.3 is 14.2 Å². The molecule has 0 bridgehead atoms. The number of ether oxygens (including phenoxy) is 3. The number of aryl methyl sites for hydroxylation is 2. The number of benzene rings is 3. The topological polar surface area (TPSA) is 27.7 Å². The van der Waals surface area contributed by atoms with Crippen molar-refractivity contribution in [1.29, 1.82) is 0 Å². The minimum Gasteiger partial charge on any atom is -0.429 e. The summed E-state index contributed by atoms with van der Waals surface area (Å²) in [5.74, 6) is 2.31. The molecule has 8 heteroatoms. The molecule has 0 spiro atoms. The summed E-state index contributed by atoms with van der Waals surface area (Å²) in [6.45, 7) is 6.34. The molecule has 0 N–H and O–H groups in total. The molecule has 0 aliphatic carbocycles. The Morgan fingerprint density at radius 2 is 1.54 bits per heavy atom. The maximum Gasteiger partial charge on any atom is 0.432 e. The van der Waals surface area contributed by atoms with Crippen molar-refractivity contribution < 1.29 is 36.2 Å². The largest absolute Gasteiger partial charge is 0.432 e. The van der Waals surface area contributed by atoms with Gasteiger partial charge in [0.15, 0.2) is 6.29 Å². The summed E-state index contributed by atoms with van der Waals surface area (Å²) in [4.78, 5) is 0. The molecule has 3 aromatic carbocycles. The number of rotatable bonds is 7. The highest BCUT2D eigenvalue weighted by molar-refractivity contribution is 5.49. The average molecular weight is 545 g/mol. The first-order valence-corrected chi connectivity index (χ1v) is 12.8. The van der Waals surface area contributed by atoms with Crippen LogP contribution in [-0.2, 0) is 22.0 Å². The standard InChI is InChI=1S/C31H29F5O3/c1-4-6-21-17-37-30(38-18-21)24-15-27(33)29(28(34)16-24)31(35,36)39-25-11-8-20(9-12-25)7-10-23-14-26(32)19(3)13-22(23)5-2/h8-9,11-16,21,30H,4-6,17-18H2,1-3H3. The first-order chi connectivity index (χ1) is 18.6. The maximum absolute atomic E-state index is 14.9. The van der Waals surface area contributed by atoms with Gasteiger partial charge in [-0.2, -0.15) is 8.78 Å². The second-order valence-corrected chi connectivity index (χ2v) is 9.52. The van der Waals surface area contributed by atoms with Crippen molar-refractivity contribution >= 4 is 0 Å². The Morgan fingerprint density at radius 1 is 0.897 bits per heavy atom. The zero-order valence-electron chi connectivity index (χ0n) is 21.9. The normalized spacial score (nSPS) is 17.4. The molecule has 3 aromatic rings. The van der Waals surface area contributed by atoms with Crippen LogP contribution < -0.4 is 4.74 Å². The molecular formula is C31H29F5O3. The zero-order valence-corrected chi connectivity index (χ0v) is 21.9. The van der Waals surface area contributed by atoms with Crippen molar-refractivity contribution in [3.63, 3.8) is 0 Å². The van der Waals surface area contributed by atoms with Gasteiger partial charge >= 0.3 is 6.11 Å². The minimum absolute atomic E-state index is 0.0258. The third-order valence-electron chi connectivity index (χ3n) is 6.50. The third-order valence-corrected chi connectivity index (χ3v) is 6.50. The molecule has 0 amide bonds. The Balaban J connectivity index is 1.47. The van der Waals surface area contributed by atoms with E-state index >= 15 is 0 Å². The molecule has 206 valence electrons. The summed E-state index contributed by atoms with van der Waals surface area (Å²) in [5.41, 5.74) is 0.873. The summed E-state index contributed by atoms with van der Waals surface area (Å²) in [6, 6.07) is 9.94. The van der Waals surface area contributed by atoms with Crippen molar-refractivity contribution in [2.45, 2.75) is 52.4 Å². The van der Waals surface area contributed by atoms with Gasteiger partial charge in [-0.25, -0.2) is 13.2 Å². The van der Waals surface area contributed by atoms with Crippen molar-refractivity contribution in [1.82, 2.24) is 0 Å². The molecule has 0 atom stereocenters. The van der Waals surface area contributed by atoms with Crippen LogP contribution in [0.25, 0.3) is 0 Å². The highest BCUT2D eigenvalue weighted by atomic mass is 19.3. The summed E-state index contributed by atoms with van der Waals surface area (Å²) in [6.07, 6.45) is -2.83. The Kier molecular flexibility index (Phi) is 8.94. The smallest absolute Gasteiger partial charge is 0.429 e. The van der Waals surface area contributed by atoms with Crippen molar-refractivity contribution in [3.8, 4) is 17.6 Å². The van der Waals surface area contributed by atoms with Gasteiger partial charge in [-0.3, -0.25) is 0 Å². The van der Waals surface area contributed by atoms with Crippen molar-refractivity contribution in [2.75, 3.05) is 13.2 Å². The molecule has 39 heavy (non-hydrogen) atoms. The summed E-state index contributed by atoms with van der Waals surface area (Å²) in [5, 5.41) is 0. The predicted molar refractivity (Wildman–Crippen MR) is 137 cm³/mol. The molecule has 1 aliphatic heterocycles. The van der Waals surface area contributed by atoms with Crippen LogP contribution in [0.15, 0.2) is 48.5 Å². The van der Waals surface area contributed by atoms with Crippen LogP contribution in [0.5, 0.6) is 5.75 Å². The van der Waals surface area contributed by atoms with Gasteiger partial charge in [-0.1, -0.05) is 38.2 Å². The number of hydrogen-bond donors (Lipinski definition) is 0. The Hall–Kier alpha value is -3.41. The van der Waals surface area contributed by atoms with E-state index in [1.165, 1.54) is 30.3 Å². The molecule has 0 saturated carbocycles. The summed E-state index contributed by atoms with van der Waals surface area (Å²) in [7, 11) is 0. The molecule has 1 saturated heterocycles. The van der Waals surface area contributed by atoms with Crippen LogP contribution in [0.2, 0.25) is 0 Å². The molecule has 0 radical (unpaired) electrons. The SMILES string of the molecule is CCCC1COC(c2cc(F)c(C(F)(F)Oc3ccc(C#Cc4cc(F)c(C)cc4CC)cc3)c(F)c2)OC1. The van der Waals surface area contributed by atoms with Crippen LogP contribution in [0.3, 0.4) is 0 Å². The van der Waals surface area contributed by atoms with Gasteiger partial charge in [-0.15, -0.1) is 0 Å². The zero-order chi connectivity index (χ0) is 28.2. The van der Waals surface area contributed by atoms with Crippen LogP contribution in [0, 0.1) is 42.1 Å². The average Bonchev–Trinajstić information content (AvgIpc) is 2.89. The Bertz CT molecular complexity index is 1340. The van der Waals surface area contributed by atoms with E-state index in [0.717, 1.165) is 30.5 Å². The summed E-state index contributed by atoms with van der Waals surface area (Å²) < 4.78 is 89.0. The molecule has 1 heterocycles. The minimum atomic E-state index is -4.30. The number of halogens is 5. The molecule has 0 aromatic heterocycles. The second-order valence-electron chi connectivity index (χ2n) is 9.52. The molecule has 1 aliphatic rings. The molecule has 0 unspecified atom stereocenters. The van der Waals surface area contributed by atoms with E-state index in [1.54, 1.807) is 13.0 Å². The first kappa shape index (κ1) is 28.6. The predicted octanol–water partition coefficient (Wildman–Crippen LogP) is 7.96. The van der Waals surface area contributed by atoms with Crippen molar-refractivity contribution in [2.24, 2.45) is 5.92 Å². The molecule has 1 fully saturated rings. The first-order valence-electron chi connectivity index (χ1n) is 12.8. The van der Waals surface area contributed by atoms with Gasteiger partial charge in [0, 0.05) is 22.6 Å². The maximum atomic E-state index is 14.9. The van der Waals surface area contributed by atoms with Crippen LogP contribution in [0.1, 0.15) is 66.4 Å². The van der Waals surface area contributed by atoms with Gasteiger partial charge in [-0.05, 0) is 73.4 Å². The lowest BCUT2D eigenvalue weighted by atomic mass is 10.0. The van der Waals surface area contributed by atoms with Gasteiger partial charge in [0.2, 0.25) is 0 Å². The Morgan fingerprint density at radius 3 is 2.13 bits per heavy atom. The van der Waals surface area contributed by atoms with E-state index < -0.39 is 29.6 Å². The van der Waals surface area contributed by atoms with E-state index in [1.807, 2.05) is 13.8 Å². The van der Waals surface area contributed by atoms with E-state index in [9.17, 15) is 22.0 Å². The lowest BCUT2D eigenvalue weighted by Gasteiger charge is -2.30. The number of alkyl halides is 2. The van der Waals surface area contributed by atoms with E-state index in [-0.39, 0.29) is 23.0 Å². The van der Waals surface area contributed by atoms with E-state index in [4.69, 9.17) is 9.47 Å². The van der Waals surface area contributed by atoms with Crippen LogP contribution >= 0.6 is 0 Å². The van der Waals surface area contributed by atoms with E-state index in [2.05, 4.69) is 16.6 Å².